The van der Waals surface area contributed by atoms with Crippen LogP contribution in [-0.2, 0) is 30.4 Å². The number of ether oxygens (including phenoxy) is 1. The van der Waals surface area contributed by atoms with Gasteiger partial charge in [-0.15, -0.1) is 0 Å². The highest BCUT2D eigenvalue weighted by atomic mass is 32.5. The number of rotatable bonds is 5. The maximum atomic E-state index is 13.4. The number of morpholine rings is 1. The van der Waals surface area contributed by atoms with E-state index in [0.29, 0.717) is 5.56 Å². The number of aromatic amines is 1. The first-order valence-electron chi connectivity index (χ1n) is 10.4. The van der Waals surface area contributed by atoms with Crippen LogP contribution in [0.25, 0.3) is 0 Å². The Hall–Kier alpha value is -1.36. The number of aryl methyl sites for hydroxylation is 1. The van der Waals surface area contributed by atoms with Crippen LogP contribution in [-0.4, -0.2) is 55.6 Å². The van der Waals surface area contributed by atoms with E-state index in [9.17, 15) is 19.3 Å². The molecule has 1 aromatic rings. The van der Waals surface area contributed by atoms with Crippen molar-refractivity contribution in [2.24, 2.45) is 5.41 Å². The zero-order chi connectivity index (χ0) is 24.4. The van der Waals surface area contributed by atoms with E-state index in [2.05, 4.69) is 4.98 Å². The van der Waals surface area contributed by atoms with Crippen molar-refractivity contribution in [1.82, 2.24) is 14.5 Å². The first-order chi connectivity index (χ1) is 14.4. The summed E-state index contributed by atoms with van der Waals surface area (Å²) in [7, 11) is 1.60. The standard InChI is InChI=1S/C20H32N3O7PS/c1-11-9-23(17(26)21-14(11)24)15-12-13(29-31(27,32)30-19(5,6)7)20(28-15,10-18(2,3)4)16(25)22(12)8/h9,12-13,15H,10H2,1-8H3,(H,27,32)(H,21,24,26)/t12-,13+,15-,20-,31?/m1/s1. The van der Waals surface area contributed by atoms with Crippen LogP contribution in [0.1, 0.15) is 59.8 Å². The third kappa shape index (κ3) is 4.64. The smallest absolute Gasteiger partial charge is 0.330 e. The predicted octanol–water partition coefficient (Wildman–Crippen LogP) is 1.81. The molecule has 3 rings (SSSR count). The van der Waals surface area contributed by atoms with Crippen LogP contribution in [0, 0.1) is 12.3 Å². The van der Waals surface area contributed by atoms with E-state index in [0.717, 1.165) is 0 Å². The van der Waals surface area contributed by atoms with Gasteiger partial charge in [0.05, 0.1) is 5.60 Å². The quantitative estimate of drug-likeness (QED) is 0.601. The molecule has 180 valence electrons. The molecule has 2 bridgehead atoms. The number of H-pyrrole nitrogens is 1. The maximum Gasteiger partial charge on any atom is 0.330 e. The SMILES string of the molecule is Cc1cn([C@@H]2O[C@@]3(CC(C)(C)C)C(=O)N(C)[C@@H]2[C@@H]3OP(O)(=S)OC(C)(C)C)c(=O)[nH]c1=O. The van der Waals surface area contributed by atoms with Gasteiger partial charge in [-0.05, 0) is 51.3 Å². The molecular formula is C20H32N3O7PS. The predicted molar refractivity (Wildman–Crippen MR) is 122 cm³/mol. The van der Waals surface area contributed by atoms with E-state index in [-0.39, 0.29) is 17.7 Å². The van der Waals surface area contributed by atoms with E-state index < -0.39 is 47.5 Å². The summed E-state index contributed by atoms with van der Waals surface area (Å²) in [5.74, 6) is -0.321. The number of carbonyl (C=O) groups is 1. The van der Waals surface area contributed by atoms with Crippen molar-refractivity contribution in [3.63, 3.8) is 0 Å². The molecule has 32 heavy (non-hydrogen) atoms. The number of likely N-dealkylation sites (tertiary alicyclic amines) is 1. The minimum Gasteiger partial charge on any atom is -0.336 e. The van der Waals surface area contributed by atoms with Crippen molar-refractivity contribution in [3.8, 4) is 0 Å². The second kappa shape index (κ2) is 7.85. The van der Waals surface area contributed by atoms with Crippen molar-refractivity contribution < 1.29 is 23.5 Å². The van der Waals surface area contributed by atoms with Gasteiger partial charge in [0.1, 0.15) is 12.1 Å². The number of carbonyl (C=O) groups excluding carboxylic acids is 1. The monoisotopic (exact) mass is 489 g/mol. The minimum absolute atomic E-state index is 0.253. The van der Waals surface area contributed by atoms with Crippen LogP contribution >= 0.6 is 6.72 Å². The number of fused-ring (bicyclic) bond motifs is 2. The highest BCUT2D eigenvalue weighted by Crippen LogP contribution is 2.59. The number of aromatic nitrogens is 2. The molecule has 2 saturated heterocycles. The first kappa shape index (κ1) is 25.3. The lowest BCUT2D eigenvalue weighted by Crippen LogP contribution is -2.52. The molecule has 2 aliphatic heterocycles. The minimum atomic E-state index is -3.78. The normalized spacial score (nSPS) is 30.1. The number of nitrogens with zero attached hydrogens (tertiary/aromatic N) is 2. The van der Waals surface area contributed by atoms with Crippen LogP contribution in [0.5, 0.6) is 0 Å². The summed E-state index contributed by atoms with van der Waals surface area (Å²) in [6, 6.07) is -0.772. The van der Waals surface area contributed by atoms with Gasteiger partial charge in [-0.2, -0.15) is 0 Å². The van der Waals surface area contributed by atoms with Gasteiger partial charge in [0.15, 0.2) is 11.8 Å². The average Bonchev–Trinajstić information content (AvgIpc) is 2.94. The van der Waals surface area contributed by atoms with E-state index >= 15 is 0 Å². The lowest BCUT2D eigenvalue weighted by molar-refractivity contribution is -0.180. The van der Waals surface area contributed by atoms with E-state index in [1.54, 1.807) is 34.7 Å². The Labute approximate surface area is 192 Å². The summed E-state index contributed by atoms with van der Waals surface area (Å²) in [5, 5.41) is 0. The van der Waals surface area contributed by atoms with Crippen molar-refractivity contribution in [1.29, 1.82) is 0 Å². The van der Waals surface area contributed by atoms with Crippen molar-refractivity contribution >= 4 is 24.4 Å². The Balaban J connectivity index is 2.13. The van der Waals surface area contributed by atoms with E-state index in [1.807, 2.05) is 20.8 Å². The van der Waals surface area contributed by atoms with Gasteiger partial charge in [-0.25, -0.2) is 4.79 Å². The number of likely N-dealkylation sites (N-methyl/N-ethyl adjacent to an activating group) is 1. The number of nitrogens with one attached hydrogen (secondary N) is 1. The van der Waals surface area contributed by atoms with Crippen LogP contribution in [0.15, 0.2) is 15.8 Å². The van der Waals surface area contributed by atoms with Gasteiger partial charge in [0.25, 0.3) is 11.5 Å². The Morgan fingerprint density at radius 3 is 2.38 bits per heavy atom. The average molecular weight is 490 g/mol. The topological polar surface area (TPSA) is 123 Å². The van der Waals surface area contributed by atoms with Gasteiger partial charge < -0.3 is 19.1 Å². The highest BCUT2D eigenvalue weighted by molar-refractivity contribution is 8.07. The zero-order valence-corrected chi connectivity index (χ0v) is 21.4. The van der Waals surface area contributed by atoms with Crippen LogP contribution in [0.4, 0.5) is 0 Å². The van der Waals surface area contributed by atoms with Crippen LogP contribution in [0.3, 0.4) is 0 Å². The van der Waals surface area contributed by atoms with Crippen LogP contribution in [0.2, 0.25) is 0 Å². The summed E-state index contributed by atoms with van der Waals surface area (Å²) < 4.78 is 19.1. The largest absolute Gasteiger partial charge is 0.336 e. The Morgan fingerprint density at radius 2 is 1.84 bits per heavy atom. The van der Waals surface area contributed by atoms with Gasteiger partial charge in [0.2, 0.25) is 0 Å². The Bertz CT molecular complexity index is 1090. The molecule has 2 fully saturated rings. The van der Waals surface area contributed by atoms with Crippen molar-refractivity contribution in [3.05, 3.63) is 32.6 Å². The van der Waals surface area contributed by atoms with E-state index in [1.165, 1.54) is 15.7 Å². The first-order valence-corrected chi connectivity index (χ1v) is 13.0. The molecule has 1 amide bonds. The third-order valence-corrected chi connectivity index (χ3v) is 7.13. The molecule has 3 heterocycles. The highest BCUT2D eigenvalue weighted by Gasteiger charge is 2.71. The van der Waals surface area contributed by atoms with Crippen molar-refractivity contribution in [2.75, 3.05) is 7.05 Å². The molecule has 2 aliphatic rings. The zero-order valence-electron chi connectivity index (χ0n) is 19.7. The number of hydrogen-bond acceptors (Lipinski definition) is 7. The summed E-state index contributed by atoms with van der Waals surface area (Å²) in [5.41, 5.74) is -3.48. The third-order valence-electron chi connectivity index (χ3n) is 5.37. The fourth-order valence-corrected chi connectivity index (χ4v) is 6.71. The van der Waals surface area contributed by atoms with E-state index in [4.69, 9.17) is 25.6 Å². The van der Waals surface area contributed by atoms with Gasteiger partial charge >= 0.3 is 12.4 Å². The Morgan fingerprint density at radius 1 is 1.25 bits per heavy atom. The molecule has 12 heteroatoms. The second-order valence-corrected chi connectivity index (χ2v) is 13.4. The number of amides is 1. The van der Waals surface area contributed by atoms with Gasteiger partial charge in [-0.3, -0.25) is 23.7 Å². The lowest BCUT2D eigenvalue weighted by Gasteiger charge is -2.38. The summed E-state index contributed by atoms with van der Waals surface area (Å²) in [6.45, 7) is 8.86. The molecule has 0 radical (unpaired) electrons. The van der Waals surface area contributed by atoms with Crippen molar-refractivity contribution in [2.45, 2.75) is 84.5 Å². The molecule has 5 atom stereocenters. The molecule has 1 aromatic heterocycles. The fraction of sp³-hybridized carbons (Fsp3) is 0.750. The van der Waals surface area contributed by atoms with Crippen LogP contribution < -0.4 is 11.2 Å². The Kier molecular flexibility index (Phi) is 6.20. The molecule has 0 spiro atoms. The molecule has 2 N–H and O–H groups in total. The summed E-state index contributed by atoms with van der Waals surface area (Å²) >= 11 is 5.27. The van der Waals surface area contributed by atoms with Gasteiger partial charge in [-0.1, -0.05) is 20.8 Å². The maximum absolute atomic E-state index is 13.4. The molecule has 10 nitrogen and oxygen atoms in total. The second-order valence-electron chi connectivity index (χ2n) is 10.7. The molecule has 0 saturated carbocycles. The summed E-state index contributed by atoms with van der Waals surface area (Å²) in [6.07, 6.45) is -0.282. The fourth-order valence-electron chi connectivity index (χ4n) is 4.44. The lowest BCUT2D eigenvalue weighted by atomic mass is 9.80. The van der Waals surface area contributed by atoms with Gasteiger partial charge in [0, 0.05) is 18.8 Å². The number of hydrogen-bond donors (Lipinski definition) is 2. The molecule has 0 aliphatic carbocycles. The molecule has 1 unspecified atom stereocenters. The molecule has 0 aromatic carbocycles. The molecular weight excluding hydrogens is 457 g/mol. The summed E-state index contributed by atoms with van der Waals surface area (Å²) in [4.78, 5) is 52.4.